The Morgan fingerprint density at radius 2 is 2.21 bits per heavy atom. The quantitative estimate of drug-likeness (QED) is 0.837. The van der Waals surface area contributed by atoms with E-state index in [0.717, 1.165) is 0 Å². The van der Waals surface area contributed by atoms with Crippen molar-refractivity contribution < 1.29 is 23.0 Å². The van der Waals surface area contributed by atoms with Crippen LogP contribution in [0.3, 0.4) is 0 Å². The first kappa shape index (κ1) is 13.1. The van der Waals surface area contributed by atoms with E-state index in [1.807, 2.05) is 0 Å². The fraction of sp³-hybridized carbons (Fsp3) is 0.250. The van der Waals surface area contributed by atoms with Crippen molar-refractivity contribution >= 4 is 22.7 Å². The molecule has 102 valence electrons. The summed E-state index contributed by atoms with van der Waals surface area (Å²) < 4.78 is 33.4. The van der Waals surface area contributed by atoms with Gasteiger partial charge in [-0.15, -0.1) is 0 Å². The number of aromatic nitrogens is 1. The van der Waals surface area contributed by atoms with Crippen LogP contribution in [0.25, 0.3) is 10.9 Å². The lowest BCUT2D eigenvalue weighted by Crippen LogP contribution is -2.06. The average Bonchev–Trinajstić information content (AvgIpc) is 2.63. The van der Waals surface area contributed by atoms with Gasteiger partial charge in [-0.25, -0.2) is 4.79 Å². The maximum absolute atomic E-state index is 12.1. The monoisotopic (exact) mass is 270 g/mol. The van der Waals surface area contributed by atoms with Gasteiger partial charge < -0.3 is 20.2 Å². The number of nitrogen functional groups attached to an aromatic ring is 1. The standard InChI is InChI=1S/C12H12F2N2O3/c1-2-18-11(17)9-7-4-3-6(19-12(13)14)5-8(7)16-10(9)15/h3-5,12,16H,2,15H2,1H3. The van der Waals surface area contributed by atoms with E-state index < -0.39 is 12.6 Å². The molecule has 0 radical (unpaired) electrons. The van der Waals surface area contributed by atoms with Crippen LogP contribution >= 0.6 is 0 Å². The average molecular weight is 270 g/mol. The molecule has 0 aliphatic carbocycles. The topological polar surface area (TPSA) is 77.3 Å². The molecule has 0 saturated heterocycles. The lowest BCUT2D eigenvalue weighted by molar-refractivity contribution is -0.0497. The van der Waals surface area contributed by atoms with E-state index in [4.69, 9.17) is 10.5 Å². The summed E-state index contributed by atoms with van der Waals surface area (Å²) in [5, 5.41) is 0.498. The number of nitrogens with two attached hydrogens (primary N) is 1. The molecule has 0 saturated carbocycles. The van der Waals surface area contributed by atoms with Crippen LogP contribution in [0.2, 0.25) is 0 Å². The fourth-order valence-electron chi connectivity index (χ4n) is 1.80. The number of ether oxygens (including phenoxy) is 2. The number of anilines is 1. The predicted octanol–water partition coefficient (Wildman–Crippen LogP) is 2.53. The number of benzene rings is 1. The highest BCUT2D eigenvalue weighted by atomic mass is 19.3. The summed E-state index contributed by atoms with van der Waals surface area (Å²) in [6.07, 6.45) is 0. The molecule has 0 fully saturated rings. The van der Waals surface area contributed by atoms with Gasteiger partial charge in [0, 0.05) is 11.5 Å². The van der Waals surface area contributed by atoms with Gasteiger partial charge in [-0.3, -0.25) is 0 Å². The van der Waals surface area contributed by atoms with E-state index in [0.29, 0.717) is 10.9 Å². The number of fused-ring (bicyclic) bond motifs is 1. The number of rotatable bonds is 4. The van der Waals surface area contributed by atoms with Crippen molar-refractivity contribution in [1.29, 1.82) is 0 Å². The third-order valence-electron chi connectivity index (χ3n) is 2.50. The Labute approximate surface area is 107 Å². The van der Waals surface area contributed by atoms with Crippen molar-refractivity contribution in [3.63, 3.8) is 0 Å². The number of aromatic amines is 1. The zero-order valence-corrected chi connectivity index (χ0v) is 10.1. The highest BCUT2D eigenvalue weighted by Crippen LogP contribution is 2.28. The number of alkyl halides is 2. The normalized spacial score (nSPS) is 10.9. The number of carbonyl (C=O) groups is 1. The third-order valence-corrected chi connectivity index (χ3v) is 2.50. The smallest absolute Gasteiger partial charge is 0.387 e. The van der Waals surface area contributed by atoms with E-state index in [2.05, 4.69) is 9.72 Å². The molecule has 0 aliphatic heterocycles. The van der Waals surface area contributed by atoms with Crippen molar-refractivity contribution in [3.8, 4) is 5.75 Å². The van der Waals surface area contributed by atoms with Gasteiger partial charge in [0.25, 0.3) is 0 Å². The van der Waals surface area contributed by atoms with Crippen LogP contribution in [0, 0.1) is 0 Å². The minimum Gasteiger partial charge on any atom is -0.462 e. The van der Waals surface area contributed by atoms with Gasteiger partial charge in [0.2, 0.25) is 0 Å². The van der Waals surface area contributed by atoms with Crippen LogP contribution in [0.5, 0.6) is 5.75 Å². The summed E-state index contributed by atoms with van der Waals surface area (Å²) in [7, 11) is 0. The zero-order valence-electron chi connectivity index (χ0n) is 10.1. The lowest BCUT2D eigenvalue weighted by Gasteiger charge is -2.04. The molecule has 3 N–H and O–H groups in total. The Morgan fingerprint density at radius 3 is 2.84 bits per heavy atom. The molecule has 1 aromatic heterocycles. The molecule has 7 heteroatoms. The van der Waals surface area contributed by atoms with Crippen molar-refractivity contribution in [2.24, 2.45) is 0 Å². The molecule has 2 aromatic rings. The van der Waals surface area contributed by atoms with Crippen LogP contribution in [0.1, 0.15) is 17.3 Å². The van der Waals surface area contributed by atoms with Crippen LogP contribution in [-0.4, -0.2) is 24.2 Å². The van der Waals surface area contributed by atoms with E-state index in [1.165, 1.54) is 18.2 Å². The fourth-order valence-corrected chi connectivity index (χ4v) is 1.80. The molecule has 0 bridgehead atoms. The van der Waals surface area contributed by atoms with Crippen LogP contribution in [-0.2, 0) is 4.74 Å². The number of nitrogens with one attached hydrogen (secondary N) is 1. The maximum atomic E-state index is 12.1. The van der Waals surface area contributed by atoms with Gasteiger partial charge in [-0.1, -0.05) is 0 Å². The molecule has 0 aliphatic rings. The Kier molecular flexibility index (Phi) is 3.55. The first-order chi connectivity index (χ1) is 9.02. The summed E-state index contributed by atoms with van der Waals surface area (Å²) in [6.45, 7) is -1.01. The second kappa shape index (κ2) is 5.13. The van der Waals surface area contributed by atoms with Crippen molar-refractivity contribution in [2.45, 2.75) is 13.5 Å². The number of H-pyrrole nitrogens is 1. The zero-order chi connectivity index (χ0) is 14.0. The number of halogens is 2. The molecule has 1 aromatic carbocycles. The Balaban J connectivity index is 2.45. The molecule has 0 spiro atoms. The summed E-state index contributed by atoms with van der Waals surface area (Å²) in [4.78, 5) is 14.5. The molecular formula is C12H12F2N2O3. The third kappa shape index (κ3) is 2.59. The van der Waals surface area contributed by atoms with Gasteiger partial charge in [0.05, 0.1) is 12.1 Å². The predicted molar refractivity (Wildman–Crippen MR) is 65.3 cm³/mol. The number of carbonyl (C=O) groups excluding carboxylic acids is 1. The second-order valence-corrected chi connectivity index (χ2v) is 3.72. The minimum atomic E-state index is -2.91. The highest BCUT2D eigenvalue weighted by molar-refractivity contribution is 6.09. The van der Waals surface area contributed by atoms with Gasteiger partial charge in [-0.05, 0) is 19.1 Å². The van der Waals surface area contributed by atoms with Crippen LogP contribution in [0.4, 0.5) is 14.6 Å². The van der Waals surface area contributed by atoms with Crippen LogP contribution in [0.15, 0.2) is 18.2 Å². The number of hydrogen-bond acceptors (Lipinski definition) is 4. The summed E-state index contributed by atoms with van der Waals surface area (Å²) >= 11 is 0. The van der Waals surface area contributed by atoms with Crippen molar-refractivity contribution in [2.75, 3.05) is 12.3 Å². The molecule has 0 atom stereocenters. The summed E-state index contributed by atoms with van der Waals surface area (Å²) in [6, 6.07) is 4.16. The molecule has 2 rings (SSSR count). The lowest BCUT2D eigenvalue weighted by atomic mass is 10.1. The highest BCUT2D eigenvalue weighted by Gasteiger charge is 2.18. The minimum absolute atomic E-state index is 0.0147. The van der Waals surface area contributed by atoms with Crippen molar-refractivity contribution in [3.05, 3.63) is 23.8 Å². The molecule has 19 heavy (non-hydrogen) atoms. The summed E-state index contributed by atoms with van der Waals surface area (Å²) in [5.74, 6) is -0.449. The molecule has 0 amide bonds. The van der Waals surface area contributed by atoms with Gasteiger partial charge in [0.15, 0.2) is 0 Å². The molecule has 0 unspecified atom stereocenters. The van der Waals surface area contributed by atoms with E-state index in [1.54, 1.807) is 6.92 Å². The maximum Gasteiger partial charge on any atom is 0.387 e. The Hall–Kier alpha value is -2.31. The second-order valence-electron chi connectivity index (χ2n) is 3.72. The number of hydrogen-bond donors (Lipinski definition) is 2. The van der Waals surface area contributed by atoms with Crippen molar-refractivity contribution in [1.82, 2.24) is 4.98 Å². The summed E-state index contributed by atoms with van der Waals surface area (Å²) in [5.41, 5.74) is 6.31. The first-order valence-electron chi connectivity index (χ1n) is 5.56. The van der Waals surface area contributed by atoms with Gasteiger partial charge >= 0.3 is 12.6 Å². The molecular weight excluding hydrogens is 258 g/mol. The van der Waals surface area contributed by atoms with Gasteiger partial charge in [-0.2, -0.15) is 8.78 Å². The van der Waals surface area contributed by atoms with E-state index >= 15 is 0 Å². The largest absolute Gasteiger partial charge is 0.462 e. The Bertz CT molecular complexity index is 610. The van der Waals surface area contributed by atoms with E-state index in [9.17, 15) is 13.6 Å². The number of esters is 1. The first-order valence-corrected chi connectivity index (χ1v) is 5.56. The molecule has 1 heterocycles. The van der Waals surface area contributed by atoms with Crippen LogP contribution < -0.4 is 10.5 Å². The molecule has 5 nitrogen and oxygen atoms in total. The van der Waals surface area contributed by atoms with E-state index in [-0.39, 0.29) is 23.7 Å². The SMILES string of the molecule is CCOC(=O)c1c(N)[nH]c2cc(OC(F)F)ccc12. The Morgan fingerprint density at radius 1 is 1.47 bits per heavy atom. The van der Waals surface area contributed by atoms with Gasteiger partial charge in [0.1, 0.15) is 17.1 Å².